The van der Waals surface area contributed by atoms with Gasteiger partial charge in [0.2, 0.25) is 23.6 Å². The summed E-state index contributed by atoms with van der Waals surface area (Å²) in [6, 6.07) is 2.55. The largest absolute Gasteiger partial charge is 0.480 e. The topological polar surface area (TPSA) is 274 Å². The van der Waals surface area contributed by atoms with Crippen molar-refractivity contribution in [2.24, 2.45) is 33.8 Å². The number of nitrogens with one attached hydrogen (secondary N) is 4. The number of fused-ring (bicyclic) bond motifs is 1. The van der Waals surface area contributed by atoms with Crippen molar-refractivity contribution < 1.29 is 29.1 Å². The number of primary amides is 1. The zero-order valence-corrected chi connectivity index (χ0v) is 23.1. The van der Waals surface area contributed by atoms with Gasteiger partial charge in [0.25, 0.3) is 0 Å². The maximum Gasteiger partial charge on any atom is 0.326 e. The minimum absolute atomic E-state index is 0.0330. The normalized spacial score (nSPS) is 14.0. The van der Waals surface area contributed by atoms with Crippen LogP contribution < -0.4 is 38.9 Å². The maximum absolute atomic E-state index is 13.1. The first-order chi connectivity index (χ1) is 19.3. The van der Waals surface area contributed by atoms with E-state index in [0.29, 0.717) is 0 Å². The first kappa shape index (κ1) is 32.6. The summed E-state index contributed by atoms with van der Waals surface area (Å²) in [7, 11) is 0. The third-order valence-corrected chi connectivity index (χ3v) is 6.30. The summed E-state index contributed by atoms with van der Waals surface area (Å²) in [5.74, 6) is -5.08. The second kappa shape index (κ2) is 15.2. The van der Waals surface area contributed by atoms with E-state index in [2.05, 4.69) is 25.9 Å². The number of benzene rings is 1. The molecule has 4 atom stereocenters. The van der Waals surface area contributed by atoms with Gasteiger partial charge in [-0.2, -0.15) is 0 Å². The van der Waals surface area contributed by atoms with E-state index in [0.717, 1.165) is 16.5 Å². The number of carbonyl (C=O) groups is 5. The molecule has 4 amide bonds. The number of carboxylic acid groups (broad SMARTS) is 1. The summed E-state index contributed by atoms with van der Waals surface area (Å²) in [6.07, 6.45) is 1.65. The molecule has 2 aromatic rings. The number of H-pyrrole nitrogens is 1. The van der Waals surface area contributed by atoms with E-state index in [1.165, 1.54) is 0 Å². The maximum atomic E-state index is 13.1. The Morgan fingerprint density at radius 3 is 2.22 bits per heavy atom. The second-order valence-corrected chi connectivity index (χ2v) is 9.98. The number of aliphatic imine (C=N–C) groups is 1. The molecular formula is C26H39N9O6. The van der Waals surface area contributed by atoms with Gasteiger partial charge >= 0.3 is 5.97 Å². The Kier molecular flexibility index (Phi) is 12.1. The summed E-state index contributed by atoms with van der Waals surface area (Å²) in [5.41, 5.74) is 23.6. The van der Waals surface area contributed by atoms with E-state index in [1.54, 1.807) is 20.0 Å². The van der Waals surface area contributed by atoms with Crippen LogP contribution in [0.5, 0.6) is 0 Å². The van der Waals surface area contributed by atoms with Crippen LogP contribution in [-0.2, 0) is 30.4 Å². The number of amides is 4. The van der Waals surface area contributed by atoms with E-state index in [9.17, 15) is 29.1 Å². The van der Waals surface area contributed by atoms with Crippen molar-refractivity contribution in [1.82, 2.24) is 20.9 Å². The fourth-order valence-electron chi connectivity index (χ4n) is 4.13. The molecule has 0 spiro atoms. The van der Waals surface area contributed by atoms with E-state index >= 15 is 0 Å². The smallest absolute Gasteiger partial charge is 0.326 e. The summed E-state index contributed by atoms with van der Waals surface area (Å²) in [6.45, 7) is 3.44. The number of aromatic nitrogens is 1. The monoisotopic (exact) mass is 573 g/mol. The number of aromatic amines is 1. The summed E-state index contributed by atoms with van der Waals surface area (Å²) >= 11 is 0. The van der Waals surface area contributed by atoms with Crippen LogP contribution in [0.3, 0.4) is 0 Å². The Hall–Kier alpha value is -4.66. The lowest BCUT2D eigenvalue weighted by atomic mass is 10.0. The summed E-state index contributed by atoms with van der Waals surface area (Å²) in [5, 5.41) is 17.8. The molecule has 1 heterocycles. The zero-order valence-electron chi connectivity index (χ0n) is 23.1. The molecule has 0 saturated carbocycles. The Balaban J connectivity index is 2.08. The Morgan fingerprint density at radius 1 is 0.951 bits per heavy atom. The number of guanidine groups is 1. The molecule has 1 aromatic carbocycles. The third-order valence-electron chi connectivity index (χ3n) is 6.30. The molecule has 0 saturated heterocycles. The number of hydrogen-bond acceptors (Lipinski definition) is 7. The van der Waals surface area contributed by atoms with Crippen LogP contribution in [0.4, 0.5) is 0 Å². The van der Waals surface area contributed by atoms with Gasteiger partial charge in [-0.05, 0) is 36.8 Å². The predicted octanol–water partition coefficient (Wildman–Crippen LogP) is -1.84. The van der Waals surface area contributed by atoms with Crippen molar-refractivity contribution >= 4 is 46.5 Å². The minimum Gasteiger partial charge on any atom is -0.480 e. The van der Waals surface area contributed by atoms with Crippen molar-refractivity contribution in [3.63, 3.8) is 0 Å². The highest BCUT2D eigenvalue weighted by Crippen LogP contribution is 2.19. The molecule has 0 fully saturated rings. The number of aliphatic carboxylic acids is 1. The van der Waals surface area contributed by atoms with Crippen LogP contribution in [0.1, 0.15) is 38.7 Å². The van der Waals surface area contributed by atoms with E-state index in [4.69, 9.17) is 22.9 Å². The Morgan fingerprint density at radius 2 is 1.61 bits per heavy atom. The van der Waals surface area contributed by atoms with Crippen molar-refractivity contribution in [1.29, 1.82) is 0 Å². The van der Waals surface area contributed by atoms with Crippen molar-refractivity contribution in [2.45, 2.75) is 63.7 Å². The molecule has 0 radical (unpaired) electrons. The number of nitrogens with two attached hydrogens (primary N) is 4. The summed E-state index contributed by atoms with van der Waals surface area (Å²) < 4.78 is 0. The second-order valence-electron chi connectivity index (χ2n) is 9.98. The van der Waals surface area contributed by atoms with Crippen LogP contribution in [0.15, 0.2) is 35.5 Å². The van der Waals surface area contributed by atoms with Crippen LogP contribution in [0.25, 0.3) is 10.9 Å². The summed E-state index contributed by atoms with van der Waals surface area (Å²) in [4.78, 5) is 69.2. The van der Waals surface area contributed by atoms with Crippen molar-refractivity contribution in [3.8, 4) is 0 Å². The van der Waals surface area contributed by atoms with E-state index in [1.807, 2.05) is 24.3 Å². The quantitative estimate of drug-likeness (QED) is 0.0619. The van der Waals surface area contributed by atoms with Gasteiger partial charge in [-0.3, -0.25) is 24.2 Å². The molecule has 41 heavy (non-hydrogen) atoms. The van der Waals surface area contributed by atoms with Crippen LogP contribution in [0, 0.1) is 5.92 Å². The van der Waals surface area contributed by atoms with Gasteiger partial charge < -0.3 is 49.0 Å². The molecule has 0 aliphatic heterocycles. The lowest BCUT2D eigenvalue weighted by molar-refractivity contribution is -0.143. The Bertz CT molecular complexity index is 1270. The fraction of sp³-hybridized carbons (Fsp3) is 0.462. The average molecular weight is 574 g/mol. The molecule has 224 valence electrons. The molecular weight excluding hydrogens is 534 g/mol. The molecule has 15 heteroatoms. The lowest BCUT2D eigenvalue weighted by Crippen LogP contribution is -2.59. The standard InChI is InChI=1S/C26H39N9O6/c1-13(2)21(24(39)33-18(25(40)41)8-5-9-31-26(29)30)35-23(38)19(11-20(28)36)34-22(37)16(27)10-14-12-32-17-7-4-3-6-15(14)17/h3-4,6-7,12-13,16,18-19,21,32H,5,8-11,27H2,1-2H3,(H2,28,36)(H,33,39)(H,34,37)(H,35,38)(H,40,41)(H4,29,30,31). The first-order valence-corrected chi connectivity index (χ1v) is 13.1. The number of hydrogen-bond donors (Lipinski definition) is 9. The van der Waals surface area contributed by atoms with Crippen LogP contribution in [-0.4, -0.2) is 76.4 Å². The Labute approximate surface area is 236 Å². The molecule has 0 aliphatic rings. The molecule has 15 nitrogen and oxygen atoms in total. The average Bonchev–Trinajstić information content (AvgIpc) is 3.30. The van der Waals surface area contributed by atoms with Gasteiger partial charge in [-0.1, -0.05) is 32.0 Å². The fourth-order valence-corrected chi connectivity index (χ4v) is 4.13. The number of para-hydroxylation sites is 1. The highest BCUT2D eigenvalue weighted by Gasteiger charge is 2.32. The van der Waals surface area contributed by atoms with Crippen LogP contribution >= 0.6 is 0 Å². The number of carboxylic acids is 1. The third kappa shape index (κ3) is 10.1. The van der Waals surface area contributed by atoms with E-state index < -0.39 is 66.1 Å². The van der Waals surface area contributed by atoms with Gasteiger partial charge in [-0.15, -0.1) is 0 Å². The van der Waals surface area contributed by atoms with Crippen molar-refractivity contribution in [3.05, 3.63) is 36.0 Å². The predicted molar refractivity (Wildman–Crippen MR) is 152 cm³/mol. The molecule has 1 aromatic heterocycles. The highest BCUT2D eigenvalue weighted by atomic mass is 16.4. The van der Waals surface area contributed by atoms with Gasteiger partial charge in [-0.25, -0.2) is 4.79 Å². The van der Waals surface area contributed by atoms with Gasteiger partial charge in [0, 0.05) is 23.6 Å². The van der Waals surface area contributed by atoms with Crippen LogP contribution in [0.2, 0.25) is 0 Å². The zero-order chi connectivity index (χ0) is 30.7. The number of carbonyl (C=O) groups excluding carboxylic acids is 4. The molecule has 0 bridgehead atoms. The van der Waals surface area contributed by atoms with Crippen molar-refractivity contribution in [2.75, 3.05) is 6.54 Å². The SMILES string of the molecule is CC(C)C(NC(=O)C(CC(N)=O)NC(=O)C(N)Cc1c[nH]c2ccccc12)C(=O)NC(CCCN=C(N)N)C(=O)O. The number of nitrogens with zero attached hydrogens (tertiary/aromatic N) is 1. The minimum atomic E-state index is -1.42. The molecule has 13 N–H and O–H groups in total. The van der Waals surface area contributed by atoms with Gasteiger partial charge in [0.1, 0.15) is 18.1 Å². The van der Waals surface area contributed by atoms with Gasteiger partial charge in [0.05, 0.1) is 12.5 Å². The molecule has 2 rings (SSSR count). The van der Waals surface area contributed by atoms with Gasteiger partial charge in [0.15, 0.2) is 5.96 Å². The molecule has 4 unspecified atom stereocenters. The van der Waals surface area contributed by atoms with E-state index in [-0.39, 0.29) is 31.8 Å². The highest BCUT2D eigenvalue weighted by molar-refractivity contribution is 5.96. The lowest BCUT2D eigenvalue weighted by Gasteiger charge is -2.26. The number of rotatable bonds is 16. The first-order valence-electron chi connectivity index (χ1n) is 13.1. The molecule has 0 aliphatic carbocycles.